The van der Waals surface area contributed by atoms with Crippen molar-refractivity contribution >= 4 is 0 Å². The lowest BCUT2D eigenvalue weighted by Crippen LogP contribution is -2.65. The van der Waals surface area contributed by atoms with E-state index >= 15 is 0 Å². The van der Waals surface area contributed by atoms with Crippen LogP contribution in [0.25, 0.3) is 0 Å². The van der Waals surface area contributed by atoms with Gasteiger partial charge in [-0.05, 0) is 38.5 Å². The van der Waals surface area contributed by atoms with Gasteiger partial charge in [0.25, 0.3) is 0 Å². The largest absolute Gasteiger partial charge is 0.385 e. The van der Waals surface area contributed by atoms with Gasteiger partial charge in [-0.2, -0.15) is 0 Å². The van der Waals surface area contributed by atoms with Crippen molar-refractivity contribution in [2.24, 2.45) is 5.92 Å². The predicted octanol–water partition coefficient (Wildman–Crippen LogP) is 3.04. The molecule has 2 atom stereocenters. The molecule has 0 amide bonds. The van der Waals surface area contributed by atoms with Crippen LogP contribution >= 0.6 is 0 Å². The fourth-order valence-electron chi connectivity index (χ4n) is 4.25. The molecule has 0 aromatic heterocycles. The third-order valence-electron chi connectivity index (χ3n) is 5.31. The molecule has 1 saturated carbocycles. The Morgan fingerprint density at radius 2 is 1.95 bits per heavy atom. The summed E-state index contributed by atoms with van der Waals surface area (Å²) in [5.41, 5.74) is 0.445. The SMILES string of the molecule is COCCC(C)N1CC(CC(C)C)NCC12CCCC2. The van der Waals surface area contributed by atoms with Crippen LogP contribution in [-0.2, 0) is 4.74 Å². The van der Waals surface area contributed by atoms with Gasteiger partial charge in [-0.15, -0.1) is 0 Å². The van der Waals surface area contributed by atoms with E-state index in [1.54, 1.807) is 0 Å². The van der Waals surface area contributed by atoms with Crippen molar-refractivity contribution in [2.75, 3.05) is 26.8 Å². The number of methoxy groups -OCH3 is 1. The van der Waals surface area contributed by atoms with E-state index in [4.69, 9.17) is 4.74 Å². The molecule has 118 valence electrons. The first-order valence-electron chi connectivity index (χ1n) is 8.56. The van der Waals surface area contributed by atoms with Crippen LogP contribution < -0.4 is 5.32 Å². The molecule has 2 unspecified atom stereocenters. The first kappa shape index (κ1) is 16.3. The summed E-state index contributed by atoms with van der Waals surface area (Å²) in [6.45, 7) is 10.4. The van der Waals surface area contributed by atoms with E-state index < -0.39 is 0 Å². The highest BCUT2D eigenvalue weighted by Crippen LogP contribution is 2.39. The van der Waals surface area contributed by atoms with Crippen LogP contribution in [0.2, 0.25) is 0 Å². The van der Waals surface area contributed by atoms with Gasteiger partial charge in [0, 0.05) is 44.4 Å². The van der Waals surface area contributed by atoms with Crippen LogP contribution in [0.1, 0.15) is 59.3 Å². The predicted molar refractivity (Wildman–Crippen MR) is 85.1 cm³/mol. The zero-order chi connectivity index (χ0) is 14.6. The van der Waals surface area contributed by atoms with E-state index in [0.717, 1.165) is 18.9 Å². The molecule has 3 nitrogen and oxygen atoms in total. The molecule has 2 aliphatic rings. The molecule has 1 N–H and O–H groups in total. The molecule has 1 saturated heterocycles. The Balaban J connectivity index is 2.02. The smallest absolute Gasteiger partial charge is 0.0477 e. The van der Waals surface area contributed by atoms with E-state index in [1.807, 2.05) is 7.11 Å². The number of hydrogen-bond donors (Lipinski definition) is 1. The second-order valence-corrected chi connectivity index (χ2v) is 7.42. The van der Waals surface area contributed by atoms with Gasteiger partial charge in [0.15, 0.2) is 0 Å². The van der Waals surface area contributed by atoms with E-state index in [-0.39, 0.29) is 0 Å². The number of hydrogen-bond acceptors (Lipinski definition) is 3. The van der Waals surface area contributed by atoms with Gasteiger partial charge in [0.05, 0.1) is 0 Å². The fraction of sp³-hybridized carbons (Fsp3) is 1.00. The molecule has 0 aromatic rings. The summed E-state index contributed by atoms with van der Waals surface area (Å²) in [6, 6.07) is 1.32. The van der Waals surface area contributed by atoms with Crippen LogP contribution in [0.4, 0.5) is 0 Å². The van der Waals surface area contributed by atoms with Crippen molar-refractivity contribution in [1.82, 2.24) is 10.2 Å². The molecule has 0 bridgehead atoms. The average Bonchev–Trinajstić information content (AvgIpc) is 2.87. The van der Waals surface area contributed by atoms with Gasteiger partial charge < -0.3 is 10.1 Å². The summed E-state index contributed by atoms with van der Waals surface area (Å²) < 4.78 is 5.30. The number of nitrogens with zero attached hydrogens (tertiary/aromatic N) is 1. The van der Waals surface area contributed by atoms with Crippen molar-refractivity contribution in [2.45, 2.75) is 76.9 Å². The van der Waals surface area contributed by atoms with Gasteiger partial charge >= 0.3 is 0 Å². The van der Waals surface area contributed by atoms with E-state index in [0.29, 0.717) is 17.6 Å². The lowest BCUT2D eigenvalue weighted by atomic mass is 9.87. The van der Waals surface area contributed by atoms with Crippen molar-refractivity contribution in [3.8, 4) is 0 Å². The summed E-state index contributed by atoms with van der Waals surface area (Å²) in [6.07, 6.45) is 8.03. The molecule has 0 aromatic carbocycles. The molecule has 0 radical (unpaired) electrons. The number of piperazine rings is 1. The van der Waals surface area contributed by atoms with Gasteiger partial charge in [-0.25, -0.2) is 0 Å². The highest BCUT2D eigenvalue weighted by molar-refractivity contribution is 5.03. The summed E-state index contributed by atoms with van der Waals surface area (Å²) in [5, 5.41) is 3.85. The maximum absolute atomic E-state index is 5.30. The Labute approximate surface area is 125 Å². The molecule has 2 fully saturated rings. The molecule has 1 aliphatic carbocycles. The first-order chi connectivity index (χ1) is 9.57. The van der Waals surface area contributed by atoms with Crippen molar-refractivity contribution < 1.29 is 4.74 Å². The molecule has 1 aliphatic heterocycles. The highest BCUT2D eigenvalue weighted by Gasteiger charge is 2.44. The quantitative estimate of drug-likeness (QED) is 0.810. The minimum absolute atomic E-state index is 0.445. The Morgan fingerprint density at radius 1 is 1.25 bits per heavy atom. The Hall–Kier alpha value is -0.120. The minimum atomic E-state index is 0.445. The van der Waals surface area contributed by atoms with Crippen LogP contribution in [0.5, 0.6) is 0 Å². The van der Waals surface area contributed by atoms with Crippen molar-refractivity contribution in [1.29, 1.82) is 0 Å². The number of rotatable bonds is 6. The lowest BCUT2D eigenvalue weighted by Gasteiger charge is -2.51. The van der Waals surface area contributed by atoms with Gasteiger partial charge in [0.1, 0.15) is 0 Å². The summed E-state index contributed by atoms with van der Waals surface area (Å²) in [7, 11) is 1.82. The third-order valence-corrected chi connectivity index (χ3v) is 5.31. The number of nitrogens with one attached hydrogen (secondary N) is 1. The molecular weight excluding hydrogens is 248 g/mol. The summed E-state index contributed by atoms with van der Waals surface area (Å²) in [5.74, 6) is 0.779. The van der Waals surface area contributed by atoms with Crippen molar-refractivity contribution in [3.05, 3.63) is 0 Å². The Bertz CT molecular complexity index is 287. The molecule has 20 heavy (non-hydrogen) atoms. The Morgan fingerprint density at radius 3 is 2.55 bits per heavy atom. The maximum Gasteiger partial charge on any atom is 0.0477 e. The Kier molecular flexibility index (Phi) is 5.88. The van der Waals surface area contributed by atoms with E-state index in [9.17, 15) is 0 Å². The third kappa shape index (κ3) is 3.75. The van der Waals surface area contributed by atoms with Crippen LogP contribution in [0, 0.1) is 5.92 Å². The second-order valence-electron chi connectivity index (χ2n) is 7.42. The second kappa shape index (κ2) is 7.24. The first-order valence-corrected chi connectivity index (χ1v) is 8.56. The lowest BCUT2D eigenvalue weighted by molar-refractivity contribution is -0.00244. The van der Waals surface area contributed by atoms with Crippen LogP contribution in [0.15, 0.2) is 0 Å². The van der Waals surface area contributed by atoms with E-state index in [2.05, 4.69) is 31.0 Å². The standard InChI is InChI=1S/C17H34N2O/c1-14(2)11-16-12-19(15(3)7-10-20-4)17(13-18-16)8-5-6-9-17/h14-16,18H,5-13H2,1-4H3. The molecule has 3 heteroatoms. The minimum Gasteiger partial charge on any atom is -0.385 e. The molecule has 1 heterocycles. The molecule has 1 spiro atoms. The van der Waals surface area contributed by atoms with Crippen LogP contribution in [-0.4, -0.2) is 49.3 Å². The average molecular weight is 282 g/mol. The summed E-state index contributed by atoms with van der Waals surface area (Å²) in [4.78, 5) is 2.84. The van der Waals surface area contributed by atoms with Gasteiger partial charge in [-0.3, -0.25) is 4.90 Å². The van der Waals surface area contributed by atoms with Gasteiger partial charge in [-0.1, -0.05) is 26.7 Å². The molecular formula is C17H34N2O. The highest BCUT2D eigenvalue weighted by atomic mass is 16.5. The normalized spacial score (nSPS) is 28.4. The van der Waals surface area contributed by atoms with E-state index in [1.165, 1.54) is 45.2 Å². The zero-order valence-electron chi connectivity index (χ0n) is 14.0. The van der Waals surface area contributed by atoms with Crippen LogP contribution in [0.3, 0.4) is 0 Å². The van der Waals surface area contributed by atoms with Crippen molar-refractivity contribution in [3.63, 3.8) is 0 Å². The molecule has 2 rings (SSSR count). The van der Waals surface area contributed by atoms with Gasteiger partial charge in [0.2, 0.25) is 0 Å². The maximum atomic E-state index is 5.30. The fourth-order valence-corrected chi connectivity index (χ4v) is 4.25. The monoisotopic (exact) mass is 282 g/mol. The summed E-state index contributed by atoms with van der Waals surface area (Å²) >= 11 is 0. The number of ether oxygens (including phenoxy) is 1. The topological polar surface area (TPSA) is 24.5 Å². The zero-order valence-corrected chi connectivity index (χ0v) is 14.0.